The molecule has 1 saturated heterocycles. The average Bonchev–Trinajstić information content (AvgIpc) is 3.48. The van der Waals surface area contributed by atoms with Crippen LogP contribution in [0.15, 0.2) is 54.6 Å². The molecule has 4 amide bonds. The number of hydrogen-bond donors (Lipinski definition) is 3. The number of Topliss-reactive ketones (excluding diaryl/α,β-unsaturated/α-hetero) is 1. The van der Waals surface area contributed by atoms with E-state index in [9.17, 15) is 24.0 Å². The van der Waals surface area contributed by atoms with Crippen LogP contribution in [0, 0.1) is 0 Å². The molecule has 2 fully saturated rings. The van der Waals surface area contributed by atoms with Crippen LogP contribution in [0.5, 0.6) is 0 Å². The lowest BCUT2D eigenvalue weighted by molar-refractivity contribution is -0.144. The molecule has 0 radical (unpaired) electrons. The number of nitrogens with one attached hydrogen (secondary N) is 3. The molecule has 12 heteroatoms. The molecule has 45 heavy (non-hydrogen) atoms. The SMILES string of the molecule is CCC[C@H](NC(=O)[C@@H]1C[C@]2(C=C(c3cccc(Cl)c3)NO2)CN1C(=O)C(C)N1Cc2ccccc2C1=O)C(=O)C(=O)NC1CC1. The van der Waals surface area contributed by atoms with E-state index in [-0.39, 0.29) is 37.9 Å². The number of hydrogen-bond acceptors (Lipinski definition) is 7. The predicted molar refractivity (Wildman–Crippen MR) is 165 cm³/mol. The Labute approximate surface area is 266 Å². The van der Waals surface area contributed by atoms with Gasteiger partial charge < -0.3 is 20.4 Å². The third kappa shape index (κ3) is 6.19. The van der Waals surface area contributed by atoms with Gasteiger partial charge in [0.15, 0.2) is 0 Å². The van der Waals surface area contributed by atoms with Crippen LogP contribution in [0.4, 0.5) is 0 Å². The second-order valence-electron chi connectivity index (χ2n) is 12.3. The van der Waals surface area contributed by atoms with Gasteiger partial charge in [0.25, 0.3) is 11.8 Å². The summed E-state index contributed by atoms with van der Waals surface area (Å²) in [5, 5.41) is 6.01. The fourth-order valence-corrected chi connectivity index (χ4v) is 6.44. The molecule has 0 aromatic heterocycles. The first-order valence-electron chi connectivity index (χ1n) is 15.4. The number of nitrogens with zero attached hydrogens (tertiary/aromatic N) is 2. The summed E-state index contributed by atoms with van der Waals surface area (Å²) >= 11 is 6.21. The van der Waals surface area contributed by atoms with Crippen molar-refractivity contribution in [2.24, 2.45) is 0 Å². The highest BCUT2D eigenvalue weighted by Crippen LogP contribution is 2.39. The predicted octanol–water partition coefficient (Wildman–Crippen LogP) is 2.73. The van der Waals surface area contributed by atoms with Crippen LogP contribution in [0.3, 0.4) is 0 Å². The summed E-state index contributed by atoms with van der Waals surface area (Å²) in [6.07, 6.45) is 4.40. The number of halogens is 1. The standard InChI is InChI=1S/C33H36ClN5O6/c1-3-7-25(28(40)30(42)35-23-12-13-23)36-29(41)27-16-33(15-26(37-45-33)20-9-6-10-22(34)14-20)18-39(27)31(43)19(2)38-17-21-8-4-5-11-24(21)32(38)44/h4-6,8-11,14-15,19,23,25,27,37H,3,7,12-13,16-18H2,1-2H3,(H,35,42)(H,36,41)/t19?,25-,27-,33+/m0/s1. The fraction of sp³-hybridized carbons (Fsp3) is 0.424. The van der Waals surface area contributed by atoms with Gasteiger partial charge >= 0.3 is 0 Å². The number of hydroxylamine groups is 1. The number of carbonyl (C=O) groups is 5. The van der Waals surface area contributed by atoms with Gasteiger partial charge in [-0.15, -0.1) is 0 Å². The monoisotopic (exact) mass is 633 g/mol. The summed E-state index contributed by atoms with van der Waals surface area (Å²) in [6.45, 7) is 3.81. The van der Waals surface area contributed by atoms with Crippen molar-refractivity contribution in [2.75, 3.05) is 6.54 Å². The number of rotatable bonds is 10. The summed E-state index contributed by atoms with van der Waals surface area (Å²) in [5.74, 6) is -2.67. The van der Waals surface area contributed by atoms with E-state index in [0.29, 0.717) is 22.7 Å². The zero-order valence-electron chi connectivity index (χ0n) is 25.2. The first-order chi connectivity index (χ1) is 21.6. The number of amides is 4. The van der Waals surface area contributed by atoms with E-state index >= 15 is 0 Å². The Morgan fingerprint density at radius 1 is 1.13 bits per heavy atom. The third-order valence-electron chi connectivity index (χ3n) is 8.87. The average molecular weight is 634 g/mol. The van der Waals surface area contributed by atoms with E-state index in [0.717, 1.165) is 24.0 Å². The highest BCUT2D eigenvalue weighted by molar-refractivity contribution is 6.38. The molecular formula is C33H36ClN5O6. The van der Waals surface area contributed by atoms with Gasteiger partial charge in [0.2, 0.25) is 17.6 Å². The lowest BCUT2D eigenvalue weighted by Crippen LogP contribution is -2.56. The minimum atomic E-state index is -1.07. The van der Waals surface area contributed by atoms with Gasteiger partial charge in [-0.2, -0.15) is 0 Å². The zero-order valence-corrected chi connectivity index (χ0v) is 25.9. The molecule has 236 valence electrons. The van der Waals surface area contributed by atoms with Crippen LogP contribution in [-0.4, -0.2) is 75.5 Å². The molecule has 1 unspecified atom stereocenters. The van der Waals surface area contributed by atoms with Gasteiger partial charge in [-0.25, -0.2) is 0 Å². The van der Waals surface area contributed by atoms with Gasteiger partial charge in [0, 0.05) is 35.2 Å². The van der Waals surface area contributed by atoms with E-state index < -0.39 is 47.2 Å². The van der Waals surface area contributed by atoms with Crippen LogP contribution in [0.2, 0.25) is 5.02 Å². The molecule has 4 aliphatic rings. The summed E-state index contributed by atoms with van der Waals surface area (Å²) in [6, 6.07) is 11.5. The highest BCUT2D eigenvalue weighted by atomic mass is 35.5. The number of ketones is 1. The number of fused-ring (bicyclic) bond motifs is 1. The van der Waals surface area contributed by atoms with Crippen molar-refractivity contribution in [3.63, 3.8) is 0 Å². The maximum absolute atomic E-state index is 14.2. The van der Waals surface area contributed by atoms with Crippen LogP contribution < -0.4 is 16.1 Å². The lowest BCUT2D eigenvalue weighted by Gasteiger charge is -2.31. The molecule has 3 heterocycles. The molecule has 3 aliphatic heterocycles. The Balaban J connectivity index is 1.26. The van der Waals surface area contributed by atoms with Crippen molar-refractivity contribution >= 4 is 46.7 Å². The van der Waals surface area contributed by atoms with E-state index in [1.54, 1.807) is 31.2 Å². The number of benzene rings is 2. The third-order valence-corrected chi connectivity index (χ3v) is 9.10. The molecule has 0 bridgehead atoms. The summed E-state index contributed by atoms with van der Waals surface area (Å²) in [5.41, 5.74) is 4.66. The minimum absolute atomic E-state index is 0.00403. The van der Waals surface area contributed by atoms with E-state index in [1.165, 1.54) is 9.80 Å². The summed E-state index contributed by atoms with van der Waals surface area (Å²) in [4.78, 5) is 76.0. The van der Waals surface area contributed by atoms with Crippen LogP contribution in [0.25, 0.3) is 5.70 Å². The molecule has 11 nitrogen and oxygen atoms in total. The lowest BCUT2D eigenvalue weighted by atomic mass is 9.97. The normalized spacial score (nSPS) is 23.3. The largest absolute Gasteiger partial charge is 0.347 e. The smallest absolute Gasteiger partial charge is 0.289 e. The van der Waals surface area contributed by atoms with Crippen molar-refractivity contribution in [2.45, 2.75) is 82.3 Å². The van der Waals surface area contributed by atoms with Crippen LogP contribution >= 0.6 is 11.6 Å². The molecule has 6 rings (SSSR count). The first-order valence-corrected chi connectivity index (χ1v) is 15.7. The van der Waals surface area contributed by atoms with E-state index in [4.69, 9.17) is 16.4 Å². The van der Waals surface area contributed by atoms with Crippen LogP contribution in [-0.2, 0) is 30.6 Å². The second-order valence-corrected chi connectivity index (χ2v) is 12.7. The summed E-state index contributed by atoms with van der Waals surface area (Å²) in [7, 11) is 0. The van der Waals surface area contributed by atoms with Crippen molar-refractivity contribution in [1.29, 1.82) is 0 Å². The maximum atomic E-state index is 14.2. The van der Waals surface area contributed by atoms with Crippen molar-refractivity contribution in [3.8, 4) is 0 Å². The fourth-order valence-electron chi connectivity index (χ4n) is 6.25. The molecule has 3 N–H and O–H groups in total. The van der Waals surface area contributed by atoms with Gasteiger partial charge in [-0.05, 0) is 56.0 Å². The molecule has 4 atom stereocenters. The Kier molecular flexibility index (Phi) is 8.41. The maximum Gasteiger partial charge on any atom is 0.289 e. The first kappa shape index (κ1) is 30.8. The Morgan fingerprint density at radius 3 is 2.62 bits per heavy atom. The number of carbonyl (C=O) groups excluding carboxylic acids is 5. The molecular weight excluding hydrogens is 598 g/mol. The van der Waals surface area contributed by atoms with Crippen molar-refractivity contribution in [1.82, 2.24) is 25.9 Å². The molecule has 1 aliphatic carbocycles. The van der Waals surface area contributed by atoms with Crippen molar-refractivity contribution in [3.05, 3.63) is 76.3 Å². The van der Waals surface area contributed by atoms with E-state index in [2.05, 4.69) is 16.1 Å². The van der Waals surface area contributed by atoms with Crippen LogP contribution in [0.1, 0.15) is 67.4 Å². The Morgan fingerprint density at radius 2 is 1.91 bits per heavy atom. The molecule has 2 aromatic rings. The van der Waals surface area contributed by atoms with E-state index in [1.807, 2.05) is 37.3 Å². The second kappa shape index (κ2) is 12.3. The minimum Gasteiger partial charge on any atom is -0.347 e. The van der Waals surface area contributed by atoms with Gasteiger partial charge in [0.05, 0.1) is 18.3 Å². The highest BCUT2D eigenvalue weighted by Gasteiger charge is 2.53. The summed E-state index contributed by atoms with van der Waals surface area (Å²) < 4.78 is 0. The Hall–Kier alpha value is -4.22. The Bertz CT molecular complexity index is 1590. The quantitative estimate of drug-likeness (QED) is 0.342. The molecule has 1 saturated carbocycles. The molecule has 2 aromatic carbocycles. The topological polar surface area (TPSA) is 137 Å². The van der Waals surface area contributed by atoms with Crippen molar-refractivity contribution < 1.29 is 28.8 Å². The van der Waals surface area contributed by atoms with Gasteiger partial charge in [-0.3, -0.25) is 34.3 Å². The zero-order chi connectivity index (χ0) is 31.9. The van der Waals surface area contributed by atoms with Gasteiger partial charge in [0.1, 0.15) is 17.7 Å². The molecule has 1 spiro atoms. The van der Waals surface area contributed by atoms with Gasteiger partial charge in [-0.1, -0.05) is 55.3 Å². The number of likely N-dealkylation sites (tertiary alicyclic amines) is 1.